The maximum Gasteiger partial charge on any atom is 0.340 e. The number of ether oxygens (including phenoxy) is 1. The van der Waals surface area contributed by atoms with Crippen molar-refractivity contribution in [3.05, 3.63) is 23.0 Å². The molecule has 1 aromatic heterocycles. The highest BCUT2D eigenvalue weighted by Gasteiger charge is 2.23. The van der Waals surface area contributed by atoms with Gasteiger partial charge in [0.1, 0.15) is 0 Å². The first-order valence-electron chi connectivity index (χ1n) is 8.57. The maximum atomic E-state index is 12.2. The van der Waals surface area contributed by atoms with E-state index in [0.29, 0.717) is 11.5 Å². The normalized spacial score (nSPS) is 21.0. The molecular formula is C18H28N2O3. The van der Waals surface area contributed by atoms with Crippen molar-refractivity contribution in [2.75, 3.05) is 6.61 Å². The van der Waals surface area contributed by atoms with Crippen LogP contribution in [-0.2, 0) is 16.1 Å². The number of esters is 1. The van der Waals surface area contributed by atoms with Gasteiger partial charge in [0.05, 0.1) is 5.56 Å². The van der Waals surface area contributed by atoms with Crippen molar-refractivity contribution in [2.24, 2.45) is 5.92 Å². The van der Waals surface area contributed by atoms with E-state index in [1.165, 1.54) is 6.42 Å². The van der Waals surface area contributed by atoms with E-state index in [1.54, 1.807) is 0 Å². The summed E-state index contributed by atoms with van der Waals surface area (Å²) in [6.07, 6.45) is 4.54. The average Bonchev–Trinajstić information content (AvgIpc) is 2.81. The molecule has 0 unspecified atom stereocenters. The lowest BCUT2D eigenvalue weighted by Gasteiger charge is -2.29. The zero-order chi connectivity index (χ0) is 17.0. The summed E-state index contributed by atoms with van der Waals surface area (Å²) in [6.45, 7) is 8.66. The van der Waals surface area contributed by atoms with Gasteiger partial charge in [0.2, 0.25) is 0 Å². The summed E-state index contributed by atoms with van der Waals surface area (Å²) in [5.74, 6) is -0.141. The summed E-state index contributed by atoms with van der Waals surface area (Å²) in [5, 5.41) is 3.00. The second kappa shape index (κ2) is 7.66. The molecule has 0 bridgehead atoms. The van der Waals surface area contributed by atoms with Gasteiger partial charge >= 0.3 is 5.97 Å². The Morgan fingerprint density at radius 2 is 2.00 bits per heavy atom. The van der Waals surface area contributed by atoms with Crippen LogP contribution in [0.15, 0.2) is 6.07 Å². The van der Waals surface area contributed by atoms with Gasteiger partial charge < -0.3 is 14.6 Å². The number of aromatic nitrogens is 1. The molecule has 1 amide bonds. The van der Waals surface area contributed by atoms with E-state index in [4.69, 9.17) is 4.74 Å². The van der Waals surface area contributed by atoms with Crippen molar-refractivity contribution < 1.29 is 14.3 Å². The minimum atomic E-state index is -0.426. The van der Waals surface area contributed by atoms with Gasteiger partial charge in [-0.15, -0.1) is 0 Å². The number of hydrogen-bond donors (Lipinski definition) is 1. The number of rotatable bonds is 5. The van der Waals surface area contributed by atoms with Crippen LogP contribution in [0.1, 0.15) is 61.3 Å². The van der Waals surface area contributed by atoms with Crippen LogP contribution >= 0.6 is 0 Å². The summed E-state index contributed by atoms with van der Waals surface area (Å²) in [7, 11) is 0. The van der Waals surface area contributed by atoms with Gasteiger partial charge in [-0.1, -0.05) is 19.8 Å². The molecule has 0 aromatic carbocycles. The summed E-state index contributed by atoms with van der Waals surface area (Å²) in [6, 6.07) is 2.03. The molecular weight excluding hydrogens is 292 g/mol. The minimum absolute atomic E-state index is 0.207. The summed E-state index contributed by atoms with van der Waals surface area (Å²) >= 11 is 0. The van der Waals surface area contributed by atoms with Crippen molar-refractivity contribution >= 4 is 11.9 Å². The summed E-state index contributed by atoms with van der Waals surface area (Å²) < 4.78 is 7.25. The van der Waals surface area contributed by atoms with E-state index < -0.39 is 5.97 Å². The Labute approximate surface area is 138 Å². The van der Waals surface area contributed by atoms with Crippen LogP contribution in [0.5, 0.6) is 0 Å². The van der Waals surface area contributed by atoms with Gasteiger partial charge in [-0.25, -0.2) is 4.79 Å². The first-order chi connectivity index (χ1) is 10.9. The van der Waals surface area contributed by atoms with Crippen LogP contribution in [0.25, 0.3) is 0 Å². The maximum absolute atomic E-state index is 12.2. The molecule has 1 fully saturated rings. The molecule has 2 rings (SSSR count). The molecule has 0 spiro atoms. The lowest BCUT2D eigenvalue weighted by molar-refractivity contribution is -0.125. The Morgan fingerprint density at radius 3 is 2.61 bits per heavy atom. The Kier molecular flexibility index (Phi) is 5.85. The Morgan fingerprint density at radius 1 is 1.30 bits per heavy atom. The molecule has 5 nitrogen and oxygen atoms in total. The number of nitrogens with one attached hydrogen (secondary N) is 1. The molecule has 128 valence electrons. The number of amides is 1. The van der Waals surface area contributed by atoms with E-state index in [-0.39, 0.29) is 18.6 Å². The molecule has 0 aliphatic heterocycles. The largest absolute Gasteiger partial charge is 0.452 e. The molecule has 5 heteroatoms. The average molecular weight is 320 g/mol. The smallest absolute Gasteiger partial charge is 0.340 e. The van der Waals surface area contributed by atoms with Gasteiger partial charge in [0, 0.05) is 24.0 Å². The fourth-order valence-electron chi connectivity index (χ4n) is 3.48. The Hall–Kier alpha value is -1.78. The highest BCUT2D eigenvalue weighted by atomic mass is 16.5. The first-order valence-corrected chi connectivity index (χ1v) is 8.57. The summed E-state index contributed by atoms with van der Waals surface area (Å²) in [5.41, 5.74) is 2.46. The molecule has 1 aliphatic rings. The van der Waals surface area contributed by atoms with E-state index in [9.17, 15) is 9.59 Å². The molecule has 1 heterocycles. The summed E-state index contributed by atoms with van der Waals surface area (Å²) in [4.78, 5) is 24.2. The fraction of sp³-hybridized carbons (Fsp3) is 0.667. The highest BCUT2D eigenvalue weighted by Crippen LogP contribution is 2.23. The number of carbonyl (C=O) groups is 2. The second-order valence-corrected chi connectivity index (χ2v) is 6.54. The Balaban J connectivity index is 1.87. The number of aryl methyl sites for hydroxylation is 1. The van der Waals surface area contributed by atoms with Crippen molar-refractivity contribution in [3.63, 3.8) is 0 Å². The molecule has 1 aliphatic carbocycles. The van der Waals surface area contributed by atoms with Crippen molar-refractivity contribution in [3.8, 4) is 0 Å². The van der Waals surface area contributed by atoms with Crippen LogP contribution in [0.3, 0.4) is 0 Å². The van der Waals surface area contributed by atoms with Gasteiger partial charge in [0.15, 0.2) is 6.61 Å². The van der Waals surface area contributed by atoms with Crippen molar-refractivity contribution in [1.29, 1.82) is 0 Å². The van der Waals surface area contributed by atoms with E-state index in [0.717, 1.165) is 37.2 Å². The third-order valence-corrected chi connectivity index (χ3v) is 4.90. The molecule has 23 heavy (non-hydrogen) atoms. The van der Waals surface area contributed by atoms with Crippen molar-refractivity contribution in [1.82, 2.24) is 9.88 Å². The lowest BCUT2D eigenvalue weighted by Crippen LogP contribution is -2.42. The first kappa shape index (κ1) is 17.6. The lowest BCUT2D eigenvalue weighted by atomic mass is 9.86. The quantitative estimate of drug-likeness (QED) is 0.849. The highest BCUT2D eigenvalue weighted by molar-refractivity contribution is 5.92. The predicted octanol–water partition coefficient (Wildman–Crippen LogP) is 2.98. The third-order valence-electron chi connectivity index (χ3n) is 4.90. The number of carbonyl (C=O) groups excluding carboxylic acids is 2. The Bertz CT molecular complexity index is 577. The van der Waals surface area contributed by atoms with Crippen LogP contribution in [0.2, 0.25) is 0 Å². The molecule has 1 aromatic rings. The van der Waals surface area contributed by atoms with E-state index >= 15 is 0 Å². The standard InChI is InChI=1S/C18H28N2O3/c1-5-20-13(3)10-15(14(20)4)18(22)23-11-17(21)19-16-9-7-6-8-12(16)2/h10,12,16H,5-9,11H2,1-4H3,(H,19,21)/t12-,16+/m1/s1. The molecule has 1 saturated carbocycles. The predicted molar refractivity (Wildman–Crippen MR) is 89.4 cm³/mol. The van der Waals surface area contributed by atoms with Crippen LogP contribution in [0.4, 0.5) is 0 Å². The number of hydrogen-bond acceptors (Lipinski definition) is 3. The third kappa shape index (κ3) is 4.15. The van der Waals surface area contributed by atoms with Crippen LogP contribution in [0, 0.1) is 19.8 Å². The van der Waals surface area contributed by atoms with Crippen LogP contribution in [-0.4, -0.2) is 29.1 Å². The van der Waals surface area contributed by atoms with Crippen molar-refractivity contribution in [2.45, 2.75) is 66.0 Å². The monoisotopic (exact) mass is 320 g/mol. The molecule has 2 atom stereocenters. The van der Waals surface area contributed by atoms with Gasteiger partial charge in [0.25, 0.3) is 5.91 Å². The van der Waals surface area contributed by atoms with Gasteiger partial charge in [-0.05, 0) is 45.6 Å². The topological polar surface area (TPSA) is 60.3 Å². The number of nitrogens with zero attached hydrogens (tertiary/aromatic N) is 1. The zero-order valence-electron chi connectivity index (χ0n) is 14.6. The van der Waals surface area contributed by atoms with Crippen LogP contribution < -0.4 is 5.32 Å². The van der Waals surface area contributed by atoms with E-state index in [1.807, 2.05) is 26.8 Å². The molecule has 0 saturated heterocycles. The minimum Gasteiger partial charge on any atom is -0.452 e. The fourth-order valence-corrected chi connectivity index (χ4v) is 3.48. The molecule has 0 radical (unpaired) electrons. The van der Waals surface area contributed by atoms with Gasteiger partial charge in [-0.3, -0.25) is 4.79 Å². The second-order valence-electron chi connectivity index (χ2n) is 6.54. The van der Waals surface area contributed by atoms with E-state index in [2.05, 4.69) is 16.8 Å². The SMILES string of the molecule is CCn1c(C)cc(C(=O)OCC(=O)N[C@H]2CCCC[C@H]2C)c1C. The molecule has 1 N–H and O–H groups in total. The zero-order valence-corrected chi connectivity index (χ0v) is 14.6. The van der Waals surface area contributed by atoms with Gasteiger partial charge in [-0.2, -0.15) is 0 Å².